The molecule has 2 aromatic rings. The molecular formula is C18H29N3. The molecule has 1 heterocycles. The molecule has 0 spiro atoms. The van der Waals surface area contributed by atoms with Gasteiger partial charge in [0.05, 0.1) is 17.6 Å². The summed E-state index contributed by atoms with van der Waals surface area (Å²) in [6.07, 6.45) is 6.71. The average molecular weight is 287 g/mol. The van der Waals surface area contributed by atoms with Crippen LogP contribution >= 0.6 is 0 Å². The number of benzene rings is 1. The van der Waals surface area contributed by atoms with E-state index in [1.165, 1.54) is 37.6 Å². The molecule has 0 unspecified atom stereocenters. The molecule has 21 heavy (non-hydrogen) atoms. The van der Waals surface area contributed by atoms with Crippen LogP contribution in [-0.2, 0) is 13.6 Å². The van der Waals surface area contributed by atoms with Crippen molar-refractivity contribution in [3.63, 3.8) is 0 Å². The highest BCUT2D eigenvalue weighted by atomic mass is 15.1. The number of imidazole rings is 1. The van der Waals surface area contributed by atoms with Crippen LogP contribution in [0.15, 0.2) is 24.3 Å². The zero-order valence-electron chi connectivity index (χ0n) is 13.7. The molecule has 2 rings (SSSR count). The number of nitrogens with one attached hydrogen (secondary N) is 1. The molecule has 1 aromatic carbocycles. The summed E-state index contributed by atoms with van der Waals surface area (Å²) in [6.45, 7) is 6.55. The van der Waals surface area contributed by atoms with Gasteiger partial charge in [0.2, 0.25) is 0 Å². The molecule has 0 radical (unpaired) electrons. The lowest BCUT2D eigenvalue weighted by molar-refractivity contribution is 0.510. The van der Waals surface area contributed by atoms with E-state index in [9.17, 15) is 0 Å². The Morgan fingerprint density at radius 1 is 1.10 bits per heavy atom. The van der Waals surface area contributed by atoms with Gasteiger partial charge in [0.1, 0.15) is 5.82 Å². The van der Waals surface area contributed by atoms with Crippen LogP contribution in [0.2, 0.25) is 0 Å². The van der Waals surface area contributed by atoms with Gasteiger partial charge >= 0.3 is 0 Å². The first-order valence-corrected chi connectivity index (χ1v) is 8.29. The van der Waals surface area contributed by atoms with Crippen LogP contribution in [-0.4, -0.2) is 16.1 Å². The number of fused-ring (bicyclic) bond motifs is 1. The van der Waals surface area contributed by atoms with Crippen molar-refractivity contribution < 1.29 is 0 Å². The molecule has 116 valence electrons. The fourth-order valence-electron chi connectivity index (χ4n) is 2.71. The van der Waals surface area contributed by atoms with Gasteiger partial charge in [-0.2, -0.15) is 0 Å². The molecule has 1 N–H and O–H groups in total. The zero-order chi connectivity index (χ0) is 15.1. The lowest BCUT2D eigenvalue weighted by atomic mass is 10.0. The van der Waals surface area contributed by atoms with E-state index in [4.69, 9.17) is 0 Å². The molecular weight excluding hydrogens is 258 g/mol. The van der Waals surface area contributed by atoms with E-state index in [0.717, 1.165) is 30.3 Å². The summed E-state index contributed by atoms with van der Waals surface area (Å²) in [5, 5.41) is 3.52. The van der Waals surface area contributed by atoms with Gasteiger partial charge in [-0.3, -0.25) is 0 Å². The molecule has 3 heteroatoms. The van der Waals surface area contributed by atoms with Gasteiger partial charge in [-0.25, -0.2) is 4.98 Å². The Morgan fingerprint density at radius 3 is 2.62 bits per heavy atom. The maximum absolute atomic E-state index is 4.68. The summed E-state index contributed by atoms with van der Waals surface area (Å²) in [6, 6.07) is 8.32. The Hall–Kier alpha value is -1.35. The third-order valence-corrected chi connectivity index (χ3v) is 4.05. The van der Waals surface area contributed by atoms with Crippen molar-refractivity contribution in [1.82, 2.24) is 14.9 Å². The van der Waals surface area contributed by atoms with E-state index in [1.807, 2.05) is 6.07 Å². The van der Waals surface area contributed by atoms with Gasteiger partial charge in [0, 0.05) is 7.05 Å². The fraction of sp³-hybridized carbons (Fsp3) is 0.611. The first-order valence-electron chi connectivity index (χ1n) is 8.29. The van der Waals surface area contributed by atoms with Crippen LogP contribution in [0, 0.1) is 5.92 Å². The van der Waals surface area contributed by atoms with Crippen molar-refractivity contribution >= 4 is 11.0 Å². The fourth-order valence-corrected chi connectivity index (χ4v) is 2.71. The molecule has 0 atom stereocenters. The van der Waals surface area contributed by atoms with E-state index in [2.05, 4.69) is 54.0 Å². The number of hydrogen-bond acceptors (Lipinski definition) is 2. The Bertz CT molecular complexity index is 542. The largest absolute Gasteiger partial charge is 0.330 e. The van der Waals surface area contributed by atoms with E-state index < -0.39 is 0 Å². The summed E-state index contributed by atoms with van der Waals surface area (Å²) in [5.74, 6) is 1.97. The van der Waals surface area contributed by atoms with Crippen molar-refractivity contribution in [3.8, 4) is 0 Å². The highest BCUT2D eigenvalue weighted by molar-refractivity contribution is 5.75. The maximum atomic E-state index is 4.68. The van der Waals surface area contributed by atoms with Gasteiger partial charge in [0.15, 0.2) is 0 Å². The lowest BCUT2D eigenvalue weighted by Crippen LogP contribution is -2.17. The molecule has 3 nitrogen and oxygen atoms in total. The van der Waals surface area contributed by atoms with E-state index >= 15 is 0 Å². The second kappa shape index (κ2) is 8.18. The first kappa shape index (κ1) is 16.0. The predicted molar refractivity (Wildman–Crippen MR) is 90.3 cm³/mol. The smallest absolute Gasteiger partial charge is 0.123 e. The van der Waals surface area contributed by atoms with Crippen molar-refractivity contribution in [3.05, 3.63) is 30.1 Å². The molecule has 0 saturated heterocycles. The summed E-state index contributed by atoms with van der Waals surface area (Å²) in [5.41, 5.74) is 2.30. The summed E-state index contributed by atoms with van der Waals surface area (Å²) in [7, 11) is 2.10. The first-order chi connectivity index (χ1) is 10.2. The van der Waals surface area contributed by atoms with Crippen molar-refractivity contribution in [2.24, 2.45) is 13.0 Å². The number of rotatable bonds is 9. The minimum atomic E-state index is 0.848. The number of aromatic nitrogens is 2. The molecule has 0 aliphatic rings. The van der Waals surface area contributed by atoms with Gasteiger partial charge in [-0.1, -0.05) is 51.7 Å². The Balaban J connectivity index is 1.65. The molecule has 0 aliphatic carbocycles. The number of hydrogen-bond donors (Lipinski definition) is 1. The van der Waals surface area contributed by atoms with Crippen LogP contribution in [0.3, 0.4) is 0 Å². The predicted octanol–water partition coefficient (Wildman–Crippen LogP) is 4.27. The molecule has 0 amide bonds. The Labute approximate surface area is 128 Å². The highest BCUT2D eigenvalue weighted by Crippen LogP contribution is 2.14. The maximum Gasteiger partial charge on any atom is 0.123 e. The molecule has 0 bridgehead atoms. The van der Waals surface area contributed by atoms with Crippen LogP contribution in [0.5, 0.6) is 0 Å². The quantitative estimate of drug-likeness (QED) is 0.698. The molecule has 0 saturated carbocycles. The van der Waals surface area contributed by atoms with Crippen molar-refractivity contribution in [1.29, 1.82) is 0 Å². The lowest BCUT2D eigenvalue weighted by Gasteiger charge is -2.06. The third kappa shape index (κ3) is 4.85. The van der Waals surface area contributed by atoms with Crippen molar-refractivity contribution in [2.45, 2.75) is 52.5 Å². The highest BCUT2D eigenvalue weighted by Gasteiger charge is 2.05. The normalized spacial score (nSPS) is 11.6. The van der Waals surface area contributed by atoms with Crippen LogP contribution in [0.1, 0.15) is 51.8 Å². The average Bonchev–Trinajstić information content (AvgIpc) is 2.79. The zero-order valence-corrected chi connectivity index (χ0v) is 13.7. The van der Waals surface area contributed by atoms with Crippen molar-refractivity contribution in [2.75, 3.05) is 6.54 Å². The van der Waals surface area contributed by atoms with Gasteiger partial charge in [0.25, 0.3) is 0 Å². The van der Waals surface area contributed by atoms with E-state index in [-0.39, 0.29) is 0 Å². The van der Waals surface area contributed by atoms with E-state index in [0.29, 0.717) is 0 Å². The standard InChI is InChI=1S/C18H29N3/c1-15(2)10-6-4-5-9-13-19-14-18-20-16-11-7-8-12-17(16)21(18)3/h7-8,11-12,15,19H,4-6,9-10,13-14H2,1-3H3. The van der Waals surface area contributed by atoms with Crippen LogP contribution in [0.25, 0.3) is 11.0 Å². The Kier molecular flexibility index (Phi) is 6.24. The Morgan fingerprint density at radius 2 is 1.86 bits per heavy atom. The monoisotopic (exact) mass is 287 g/mol. The number of nitrogens with zero attached hydrogens (tertiary/aromatic N) is 2. The van der Waals surface area contributed by atoms with Crippen LogP contribution in [0.4, 0.5) is 0 Å². The second-order valence-electron chi connectivity index (χ2n) is 6.35. The SMILES string of the molecule is CC(C)CCCCCCNCc1nc2ccccc2n1C. The molecule has 0 aliphatic heterocycles. The summed E-state index contributed by atoms with van der Waals surface area (Å²) in [4.78, 5) is 4.68. The second-order valence-corrected chi connectivity index (χ2v) is 6.35. The number of unbranched alkanes of at least 4 members (excludes halogenated alkanes) is 3. The topological polar surface area (TPSA) is 29.9 Å². The minimum absolute atomic E-state index is 0.848. The minimum Gasteiger partial charge on any atom is -0.330 e. The van der Waals surface area contributed by atoms with Crippen LogP contribution < -0.4 is 5.32 Å². The van der Waals surface area contributed by atoms with Gasteiger partial charge < -0.3 is 9.88 Å². The van der Waals surface area contributed by atoms with Gasteiger partial charge in [-0.05, 0) is 31.0 Å². The number of aryl methyl sites for hydroxylation is 1. The number of para-hydroxylation sites is 2. The molecule has 0 fully saturated rings. The third-order valence-electron chi connectivity index (χ3n) is 4.05. The van der Waals surface area contributed by atoms with Gasteiger partial charge in [-0.15, -0.1) is 0 Å². The molecule has 1 aromatic heterocycles. The summed E-state index contributed by atoms with van der Waals surface area (Å²) >= 11 is 0. The summed E-state index contributed by atoms with van der Waals surface area (Å²) < 4.78 is 2.19. The van der Waals surface area contributed by atoms with E-state index in [1.54, 1.807) is 0 Å².